The molecule has 6 atom stereocenters. The molecule has 10 heteroatoms. The highest BCUT2D eigenvalue weighted by molar-refractivity contribution is 5.70. The SMILES string of the molecule is CCCCCCCCCCCCCCCCCC(=O)OC[C@H](CO[C@@H]1O[C@H](CO)[C@H](O)[C@H](O)[C@H]1O)OC(=O)CCCCCCCCCCCCCCCCC. The largest absolute Gasteiger partial charge is 0.462 e. The van der Waals surface area contributed by atoms with Crippen molar-refractivity contribution >= 4 is 11.9 Å². The Morgan fingerprint density at radius 2 is 0.855 bits per heavy atom. The zero-order chi connectivity index (χ0) is 40.2. The second-order valence-corrected chi connectivity index (χ2v) is 16.2. The second kappa shape index (κ2) is 37.0. The third-order valence-corrected chi connectivity index (χ3v) is 11.0. The van der Waals surface area contributed by atoms with E-state index < -0.39 is 49.4 Å². The zero-order valence-corrected chi connectivity index (χ0v) is 35.5. The van der Waals surface area contributed by atoms with Crippen LogP contribution in [0.2, 0.25) is 0 Å². The van der Waals surface area contributed by atoms with Gasteiger partial charge in [0.25, 0.3) is 0 Å². The molecule has 0 saturated carbocycles. The summed E-state index contributed by atoms with van der Waals surface area (Å²) in [5, 5.41) is 40.1. The van der Waals surface area contributed by atoms with Crippen LogP contribution in [-0.2, 0) is 28.5 Å². The van der Waals surface area contributed by atoms with Crippen molar-refractivity contribution in [3.8, 4) is 0 Å². The summed E-state index contributed by atoms with van der Waals surface area (Å²) in [6.45, 7) is 3.46. The Morgan fingerprint density at radius 1 is 0.491 bits per heavy atom. The van der Waals surface area contributed by atoms with Gasteiger partial charge in [-0.25, -0.2) is 0 Å². The number of hydrogen-bond donors (Lipinski definition) is 4. The summed E-state index contributed by atoms with van der Waals surface area (Å²) < 4.78 is 22.2. The Morgan fingerprint density at radius 3 is 1.24 bits per heavy atom. The van der Waals surface area contributed by atoms with Gasteiger partial charge in [-0.05, 0) is 12.8 Å². The van der Waals surface area contributed by atoms with Crippen molar-refractivity contribution in [2.24, 2.45) is 0 Å². The molecule has 1 rings (SSSR count). The van der Waals surface area contributed by atoms with Crippen molar-refractivity contribution in [3.05, 3.63) is 0 Å². The van der Waals surface area contributed by atoms with E-state index in [1.807, 2.05) is 0 Å². The Kier molecular flexibility index (Phi) is 34.8. The van der Waals surface area contributed by atoms with Gasteiger partial charge in [-0.15, -0.1) is 0 Å². The summed E-state index contributed by atoms with van der Waals surface area (Å²) in [6, 6.07) is 0. The van der Waals surface area contributed by atoms with Crippen LogP contribution in [0.3, 0.4) is 0 Å². The van der Waals surface area contributed by atoms with Crippen LogP contribution in [0.15, 0.2) is 0 Å². The van der Waals surface area contributed by atoms with E-state index in [2.05, 4.69) is 13.8 Å². The first kappa shape index (κ1) is 51.7. The number of unbranched alkanes of at least 4 members (excludes halogenated alkanes) is 28. The average Bonchev–Trinajstić information content (AvgIpc) is 3.18. The van der Waals surface area contributed by atoms with E-state index in [1.165, 1.54) is 148 Å². The Hall–Kier alpha value is -1.30. The Labute approximate surface area is 336 Å². The van der Waals surface area contributed by atoms with Gasteiger partial charge in [0.1, 0.15) is 31.0 Å². The number of ether oxygens (including phenoxy) is 4. The Balaban J connectivity index is 2.30. The molecule has 1 aliphatic heterocycles. The predicted octanol–water partition coefficient (Wildman–Crippen LogP) is 9.78. The first-order valence-corrected chi connectivity index (χ1v) is 23.1. The topological polar surface area (TPSA) is 152 Å². The average molecular weight is 787 g/mol. The fraction of sp³-hybridized carbons (Fsp3) is 0.956. The van der Waals surface area contributed by atoms with E-state index >= 15 is 0 Å². The van der Waals surface area contributed by atoms with Gasteiger partial charge in [0.15, 0.2) is 12.4 Å². The maximum Gasteiger partial charge on any atom is 0.306 e. The molecule has 0 aliphatic carbocycles. The standard InChI is InChI=1S/C45H86O10/c1-3-5-7-9-11-13-15-17-19-21-23-25-27-29-31-33-40(47)52-36-38(37-53-45-44(51)43(50)42(49)39(35-46)55-45)54-41(48)34-32-30-28-26-24-22-20-18-16-14-12-10-8-6-4-2/h38-39,42-46,49-51H,3-37H2,1-2H3/t38-,39-,42+,43+,44-,45-/m1/s1. The molecule has 1 fully saturated rings. The summed E-state index contributed by atoms with van der Waals surface area (Å²) in [5.74, 6) is -0.790. The molecule has 0 aromatic rings. The van der Waals surface area contributed by atoms with Crippen molar-refractivity contribution in [2.45, 2.75) is 256 Å². The molecule has 0 unspecified atom stereocenters. The summed E-state index contributed by atoms with van der Waals surface area (Å²) in [4.78, 5) is 25.3. The lowest BCUT2D eigenvalue weighted by Crippen LogP contribution is -2.59. The number of hydrogen-bond acceptors (Lipinski definition) is 10. The molecular formula is C45H86O10. The monoisotopic (exact) mass is 787 g/mol. The van der Waals surface area contributed by atoms with Gasteiger partial charge in [-0.3, -0.25) is 9.59 Å². The molecule has 0 bridgehead atoms. The van der Waals surface area contributed by atoms with Crippen LogP contribution in [0, 0.1) is 0 Å². The second-order valence-electron chi connectivity index (χ2n) is 16.2. The third kappa shape index (κ3) is 28.7. The molecule has 0 aromatic carbocycles. The van der Waals surface area contributed by atoms with E-state index in [0.717, 1.165) is 38.5 Å². The summed E-state index contributed by atoms with van der Waals surface area (Å²) in [6.07, 6.45) is 29.6. The lowest BCUT2D eigenvalue weighted by Gasteiger charge is -2.39. The van der Waals surface area contributed by atoms with E-state index in [1.54, 1.807) is 0 Å². The predicted molar refractivity (Wildman–Crippen MR) is 220 cm³/mol. The maximum atomic E-state index is 12.8. The van der Waals surface area contributed by atoms with Gasteiger partial charge in [0, 0.05) is 12.8 Å². The molecule has 55 heavy (non-hydrogen) atoms. The van der Waals surface area contributed by atoms with Crippen LogP contribution >= 0.6 is 0 Å². The minimum Gasteiger partial charge on any atom is -0.462 e. The zero-order valence-electron chi connectivity index (χ0n) is 35.5. The number of carbonyl (C=O) groups is 2. The van der Waals surface area contributed by atoms with E-state index in [-0.39, 0.29) is 32.0 Å². The van der Waals surface area contributed by atoms with Crippen molar-refractivity contribution in [3.63, 3.8) is 0 Å². The third-order valence-electron chi connectivity index (χ3n) is 11.0. The van der Waals surface area contributed by atoms with Gasteiger partial charge in [0.05, 0.1) is 13.2 Å². The van der Waals surface area contributed by atoms with E-state index in [9.17, 15) is 30.0 Å². The van der Waals surface area contributed by atoms with Gasteiger partial charge in [-0.1, -0.05) is 194 Å². The van der Waals surface area contributed by atoms with Gasteiger partial charge < -0.3 is 39.4 Å². The Bertz CT molecular complexity index is 871. The molecule has 1 aliphatic rings. The van der Waals surface area contributed by atoms with Crippen molar-refractivity contribution in [2.75, 3.05) is 19.8 Å². The number of carbonyl (C=O) groups excluding carboxylic acids is 2. The summed E-state index contributed by atoms with van der Waals surface area (Å²) in [5.41, 5.74) is 0. The molecule has 1 heterocycles. The molecule has 0 amide bonds. The number of esters is 2. The molecule has 1 saturated heterocycles. The molecule has 10 nitrogen and oxygen atoms in total. The fourth-order valence-corrected chi connectivity index (χ4v) is 7.31. The molecule has 4 N–H and O–H groups in total. The van der Waals surface area contributed by atoms with Crippen LogP contribution < -0.4 is 0 Å². The number of aliphatic hydroxyl groups is 4. The number of rotatable bonds is 39. The highest BCUT2D eigenvalue weighted by Gasteiger charge is 2.44. The first-order chi connectivity index (χ1) is 26.8. The quantitative estimate of drug-likeness (QED) is 0.0350. The highest BCUT2D eigenvalue weighted by atomic mass is 16.7. The van der Waals surface area contributed by atoms with Crippen LogP contribution in [0.1, 0.15) is 219 Å². The normalized spacial score (nSPS) is 20.4. The molecule has 0 radical (unpaired) electrons. The van der Waals surface area contributed by atoms with Crippen LogP contribution in [-0.4, -0.2) is 89.0 Å². The maximum absolute atomic E-state index is 12.8. The fourth-order valence-electron chi connectivity index (χ4n) is 7.31. The van der Waals surface area contributed by atoms with Crippen LogP contribution in [0.4, 0.5) is 0 Å². The van der Waals surface area contributed by atoms with Gasteiger partial charge in [-0.2, -0.15) is 0 Å². The smallest absolute Gasteiger partial charge is 0.306 e. The van der Waals surface area contributed by atoms with Crippen molar-refractivity contribution in [1.29, 1.82) is 0 Å². The lowest BCUT2D eigenvalue weighted by atomic mass is 9.99. The van der Waals surface area contributed by atoms with Gasteiger partial charge >= 0.3 is 11.9 Å². The number of aliphatic hydroxyl groups excluding tert-OH is 4. The van der Waals surface area contributed by atoms with Crippen LogP contribution in [0.25, 0.3) is 0 Å². The van der Waals surface area contributed by atoms with Crippen molar-refractivity contribution < 1.29 is 49.0 Å². The van der Waals surface area contributed by atoms with Crippen LogP contribution in [0.5, 0.6) is 0 Å². The first-order valence-electron chi connectivity index (χ1n) is 23.1. The lowest BCUT2D eigenvalue weighted by molar-refractivity contribution is -0.305. The van der Waals surface area contributed by atoms with E-state index in [4.69, 9.17) is 18.9 Å². The van der Waals surface area contributed by atoms with E-state index in [0.29, 0.717) is 6.42 Å². The minimum atomic E-state index is -1.59. The minimum absolute atomic E-state index is 0.209. The molecule has 326 valence electrons. The molecule has 0 aromatic heterocycles. The molecular weight excluding hydrogens is 700 g/mol. The molecule has 0 spiro atoms. The highest BCUT2D eigenvalue weighted by Crippen LogP contribution is 2.23. The summed E-state index contributed by atoms with van der Waals surface area (Å²) in [7, 11) is 0. The van der Waals surface area contributed by atoms with Crippen molar-refractivity contribution in [1.82, 2.24) is 0 Å². The van der Waals surface area contributed by atoms with Gasteiger partial charge in [0.2, 0.25) is 0 Å². The summed E-state index contributed by atoms with van der Waals surface area (Å²) >= 11 is 0.